The van der Waals surface area contributed by atoms with Crippen molar-refractivity contribution >= 4 is 34.7 Å². The van der Waals surface area contributed by atoms with Crippen LogP contribution in [0.3, 0.4) is 0 Å². The van der Waals surface area contributed by atoms with Crippen LogP contribution in [0, 0.1) is 10.1 Å². The lowest BCUT2D eigenvalue weighted by Gasteiger charge is -2.17. The van der Waals surface area contributed by atoms with E-state index in [4.69, 9.17) is 16.3 Å². The first-order valence-corrected chi connectivity index (χ1v) is 8.83. The fourth-order valence-corrected chi connectivity index (χ4v) is 3.24. The van der Waals surface area contributed by atoms with Crippen LogP contribution in [0.4, 0.5) is 11.4 Å². The fourth-order valence-electron chi connectivity index (χ4n) is 3.00. The first-order valence-electron chi connectivity index (χ1n) is 8.45. The number of halogens is 1. The molecule has 27 heavy (non-hydrogen) atoms. The summed E-state index contributed by atoms with van der Waals surface area (Å²) < 4.78 is 5.02. The Hall–Kier alpha value is -2.93. The number of nitro groups is 1. The molecule has 7 nitrogen and oxygen atoms in total. The highest BCUT2D eigenvalue weighted by atomic mass is 35.5. The van der Waals surface area contributed by atoms with E-state index in [1.54, 1.807) is 24.3 Å². The van der Waals surface area contributed by atoms with Gasteiger partial charge in [0.15, 0.2) is 6.61 Å². The van der Waals surface area contributed by atoms with Crippen molar-refractivity contribution < 1.29 is 19.2 Å². The van der Waals surface area contributed by atoms with Crippen LogP contribution in [0.25, 0.3) is 0 Å². The van der Waals surface area contributed by atoms with Gasteiger partial charge in [0.2, 0.25) is 5.78 Å². The van der Waals surface area contributed by atoms with Crippen LogP contribution in [-0.2, 0) is 4.74 Å². The van der Waals surface area contributed by atoms with Gasteiger partial charge in [-0.3, -0.25) is 14.9 Å². The molecule has 1 aliphatic heterocycles. The minimum Gasteiger partial charge on any atom is -0.454 e. The maximum Gasteiger partial charge on any atom is 0.338 e. The number of carbonyl (C=O) groups is 2. The smallest absolute Gasteiger partial charge is 0.338 e. The summed E-state index contributed by atoms with van der Waals surface area (Å²) >= 11 is 5.95. The number of carbonyl (C=O) groups excluding carboxylic acids is 2. The lowest BCUT2D eigenvalue weighted by atomic mass is 10.1. The van der Waals surface area contributed by atoms with Crippen molar-refractivity contribution in [1.29, 1.82) is 0 Å². The van der Waals surface area contributed by atoms with Crippen LogP contribution in [0.2, 0.25) is 5.02 Å². The zero-order chi connectivity index (χ0) is 19.4. The third-order valence-corrected chi connectivity index (χ3v) is 4.69. The van der Waals surface area contributed by atoms with E-state index in [1.807, 2.05) is 4.90 Å². The molecule has 8 heteroatoms. The quantitative estimate of drug-likeness (QED) is 0.323. The van der Waals surface area contributed by atoms with Gasteiger partial charge in [-0.25, -0.2) is 4.79 Å². The summed E-state index contributed by atoms with van der Waals surface area (Å²) in [6.45, 7) is 0.998. The molecule has 0 N–H and O–H groups in total. The molecule has 0 spiro atoms. The first kappa shape index (κ1) is 18.8. The molecule has 2 aromatic carbocycles. The summed E-state index contributed by atoms with van der Waals surface area (Å²) in [5.74, 6) is -1.25. The summed E-state index contributed by atoms with van der Waals surface area (Å²) in [7, 11) is 0. The maximum atomic E-state index is 12.2. The fraction of sp³-hybridized carbons (Fsp3) is 0.263. The highest BCUT2D eigenvalue weighted by molar-refractivity contribution is 6.34. The number of ether oxygens (including phenoxy) is 1. The number of nitrogens with zero attached hydrogens (tertiary/aromatic N) is 2. The number of ketones is 1. The van der Waals surface area contributed by atoms with Crippen molar-refractivity contribution in [3.8, 4) is 0 Å². The average Bonchev–Trinajstić information content (AvgIpc) is 3.20. The van der Waals surface area contributed by atoms with E-state index in [-0.39, 0.29) is 21.8 Å². The van der Waals surface area contributed by atoms with Gasteiger partial charge < -0.3 is 9.64 Å². The monoisotopic (exact) mass is 388 g/mol. The molecule has 0 amide bonds. The third-order valence-electron chi connectivity index (χ3n) is 4.36. The van der Waals surface area contributed by atoms with E-state index >= 15 is 0 Å². The Labute approximate surface area is 160 Å². The molecule has 0 radical (unpaired) electrons. The Bertz CT molecular complexity index is 893. The largest absolute Gasteiger partial charge is 0.454 e. The van der Waals surface area contributed by atoms with Gasteiger partial charge in [-0.15, -0.1) is 0 Å². The van der Waals surface area contributed by atoms with E-state index < -0.39 is 23.3 Å². The molecule has 1 aliphatic rings. The van der Waals surface area contributed by atoms with E-state index in [0.717, 1.165) is 25.9 Å². The molecule has 1 heterocycles. The van der Waals surface area contributed by atoms with Gasteiger partial charge in [0.25, 0.3) is 5.69 Å². The second kappa shape index (κ2) is 8.18. The first-order chi connectivity index (χ1) is 13.0. The van der Waals surface area contributed by atoms with Gasteiger partial charge in [-0.2, -0.15) is 0 Å². The predicted molar refractivity (Wildman–Crippen MR) is 101 cm³/mol. The van der Waals surface area contributed by atoms with Crippen LogP contribution in [0.1, 0.15) is 33.6 Å². The number of rotatable bonds is 6. The minimum atomic E-state index is -0.800. The Kier molecular flexibility index (Phi) is 5.71. The molecule has 140 valence electrons. The van der Waals surface area contributed by atoms with Crippen molar-refractivity contribution in [1.82, 2.24) is 0 Å². The van der Waals surface area contributed by atoms with Crippen LogP contribution < -0.4 is 4.90 Å². The molecule has 0 aromatic heterocycles. The summed E-state index contributed by atoms with van der Waals surface area (Å²) in [5, 5.41) is 11.7. The molecule has 0 unspecified atom stereocenters. The summed E-state index contributed by atoms with van der Waals surface area (Å²) in [6, 6.07) is 10.7. The Morgan fingerprint density at radius 3 is 2.52 bits per heavy atom. The number of anilines is 1. The zero-order valence-corrected chi connectivity index (χ0v) is 15.1. The lowest BCUT2D eigenvalue weighted by molar-refractivity contribution is -0.384. The lowest BCUT2D eigenvalue weighted by Crippen LogP contribution is -2.19. The second-order valence-electron chi connectivity index (χ2n) is 6.13. The Morgan fingerprint density at radius 2 is 1.85 bits per heavy atom. The number of hydrogen-bond acceptors (Lipinski definition) is 6. The predicted octanol–water partition coefficient (Wildman–Crippen LogP) is 3.89. The van der Waals surface area contributed by atoms with Crippen molar-refractivity contribution in [3.05, 3.63) is 68.7 Å². The molecule has 2 aromatic rings. The number of nitro benzene ring substituents is 1. The molecule has 0 atom stereocenters. The highest BCUT2D eigenvalue weighted by Gasteiger charge is 2.24. The second-order valence-corrected chi connectivity index (χ2v) is 6.54. The van der Waals surface area contributed by atoms with Gasteiger partial charge in [-0.05, 0) is 37.1 Å². The van der Waals surface area contributed by atoms with Gasteiger partial charge in [0, 0.05) is 24.7 Å². The van der Waals surface area contributed by atoms with E-state index in [1.165, 1.54) is 18.2 Å². The van der Waals surface area contributed by atoms with Gasteiger partial charge in [0.1, 0.15) is 5.69 Å². The molecular weight excluding hydrogens is 372 g/mol. The summed E-state index contributed by atoms with van der Waals surface area (Å²) in [5.41, 5.74) is 0.615. The zero-order valence-electron chi connectivity index (χ0n) is 14.4. The van der Waals surface area contributed by atoms with Crippen LogP contribution >= 0.6 is 11.6 Å². The van der Waals surface area contributed by atoms with Crippen molar-refractivity contribution in [3.63, 3.8) is 0 Å². The van der Waals surface area contributed by atoms with E-state index in [2.05, 4.69) is 0 Å². The standard InChI is InChI=1S/C19H17ClN2O5/c20-15-6-2-1-5-14(15)18(23)12-27-19(24)13-7-8-16(17(11-13)22(25)26)21-9-3-4-10-21/h1-2,5-8,11H,3-4,9-10,12H2. The molecule has 1 fully saturated rings. The maximum absolute atomic E-state index is 12.2. The number of hydrogen-bond donors (Lipinski definition) is 0. The SMILES string of the molecule is O=C(OCC(=O)c1ccccc1Cl)c1ccc(N2CCCC2)c([N+](=O)[O-])c1. The van der Waals surface area contributed by atoms with Crippen LogP contribution in [0.15, 0.2) is 42.5 Å². The van der Waals surface area contributed by atoms with Gasteiger partial charge in [0.05, 0.1) is 15.5 Å². The topological polar surface area (TPSA) is 89.8 Å². The normalized spacial score (nSPS) is 13.4. The third kappa shape index (κ3) is 4.25. The number of Topliss-reactive ketones (excluding diaryl/α,β-unsaturated/α-hetero) is 1. The highest BCUT2D eigenvalue weighted by Crippen LogP contribution is 2.31. The molecular formula is C19H17ClN2O5. The van der Waals surface area contributed by atoms with Gasteiger partial charge in [-0.1, -0.05) is 23.7 Å². The van der Waals surface area contributed by atoms with Crippen molar-refractivity contribution in [2.75, 3.05) is 24.6 Å². The summed E-state index contributed by atoms with van der Waals surface area (Å²) in [6.07, 6.45) is 1.95. The number of benzene rings is 2. The molecule has 0 saturated carbocycles. The molecule has 1 saturated heterocycles. The minimum absolute atomic E-state index is 0.0246. The molecule has 3 rings (SSSR count). The Morgan fingerprint density at radius 1 is 1.15 bits per heavy atom. The number of esters is 1. The van der Waals surface area contributed by atoms with Crippen molar-refractivity contribution in [2.24, 2.45) is 0 Å². The van der Waals surface area contributed by atoms with Gasteiger partial charge >= 0.3 is 5.97 Å². The van der Waals surface area contributed by atoms with Crippen molar-refractivity contribution in [2.45, 2.75) is 12.8 Å². The molecule has 0 aliphatic carbocycles. The average molecular weight is 389 g/mol. The van der Waals surface area contributed by atoms with Crippen LogP contribution in [-0.4, -0.2) is 36.4 Å². The van der Waals surface area contributed by atoms with E-state index in [9.17, 15) is 19.7 Å². The summed E-state index contributed by atoms with van der Waals surface area (Å²) in [4.78, 5) is 37.2. The molecule has 0 bridgehead atoms. The van der Waals surface area contributed by atoms with Crippen LogP contribution in [0.5, 0.6) is 0 Å². The van der Waals surface area contributed by atoms with E-state index in [0.29, 0.717) is 5.69 Å². The Balaban J connectivity index is 1.73.